The van der Waals surface area contributed by atoms with Crippen LogP contribution >= 0.6 is 0 Å². The average molecular weight is 393 g/mol. The Morgan fingerprint density at radius 2 is 1.25 bits per heavy atom. The summed E-state index contributed by atoms with van der Waals surface area (Å²) in [6.45, 7) is 7.78. The van der Waals surface area contributed by atoms with Crippen LogP contribution in [0.1, 0.15) is 0 Å². The maximum Gasteiger partial charge on any atom is 0.376 e. The molecule has 0 fully saturated rings. The van der Waals surface area contributed by atoms with Crippen LogP contribution in [-0.4, -0.2) is 92.1 Å². The van der Waals surface area contributed by atoms with E-state index in [4.69, 9.17) is 22.9 Å². The molecule has 0 bridgehead atoms. The standard InChI is InChI=1S/C9H19B2N3O3.C6H11BN2O2/c1-4-9(15)12-5-7-14(11(3)17)8-6-13-10(2)16;1-3-6(10)8-4-5-9-7(2)11/h1,13,16-17H,5-8H2,2-3H3,(H,12,15);1,9,11H,4-5H2,2H3,(H,8,10). The Bertz CT molecular complexity index is 523. The SMILES string of the molecule is C#CC(=O)NCCN(CCNB(C)O)B(C)O.C#CC(=O)NCCNB(C)O. The van der Waals surface area contributed by atoms with Gasteiger partial charge in [0, 0.05) is 32.7 Å². The molecule has 2 amide bonds. The Morgan fingerprint density at radius 3 is 1.68 bits per heavy atom. The van der Waals surface area contributed by atoms with E-state index in [9.17, 15) is 14.6 Å². The van der Waals surface area contributed by atoms with Crippen LogP contribution in [0.25, 0.3) is 0 Å². The van der Waals surface area contributed by atoms with Crippen LogP contribution in [-0.2, 0) is 9.59 Å². The highest BCUT2D eigenvalue weighted by Crippen LogP contribution is 1.90. The van der Waals surface area contributed by atoms with Gasteiger partial charge in [0.25, 0.3) is 11.8 Å². The van der Waals surface area contributed by atoms with Crippen LogP contribution < -0.4 is 21.1 Å². The van der Waals surface area contributed by atoms with Crippen molar-refractivity contribution in [1.82, 2.24) is 25.9 Å². The number of rotatable bonds is 12. The highest BCUT2D eigenvalue weighted by molar-refractivity contribution is 6.46. The monoisotopic (exact) mass is 393 g/mol. The van der Waals surface area contributed by atoms with Crippen LogP contribution in [0.15, 0.2) is 0 Å². The minimum atomic E-state index is -0.617. The van der Waals surface area contributed by atoms with E-state index in [2.05, 4.69) is 21.1 Å². The molecular formula is C15H30B3N5O5. The predicted molar refractivity (Wildman–Crippen MR) is 113 cm³/mol. The largest absolute Gasteiger partial charge is 0.437 e. The highest BCUT2D eigenvalue weighted by Gasteiger charge is 2.15. The quantitative estimate of drug-likeness (QED) is 0.102. The summed E-state index contributed by atoms with van der Waals surface area (Å²) < 4.78 is 0. The molecule has 28 heavy (non-hydrogen) atoms. The van der Waals surface area contributed by atoms with Crippen LogP contribution in [0, 0.1) is 24.7 Å². The van der Waals surface area contributed by atoms with Crippen molar-refractivity contribution in [2.75, 3.05) is 39.3 Å². The normalized spacial score (nSPS) is 9.32. The third-order valence-electron chi connectivity index (χ3n) is 3.16. The van der Waals surface area contributed by atoms with E-state index in [0.717, 1.165) is 0 Å². The molecule has 0 unspecified atom stereocenters. The Hall–Kier alpha value is -1.99. The first-order chi connectivity index (χ1) is 13.1. The summed E-state index contributed by atoms with van der Waals surface area (Å²) in [6, 6.07) is 0. The van der Waals surface area contributed by atoms with E-state index in [0.29, 0.717) is 39.3 Å². The number of hydrogen-bond donors (Lipinski definition) is 7. The minimum Gasteiger partial charge on any atom is -0.437 e. The molecule has 0 radical (unpaired) electrons. The summed E-state index contributed by atoms with van der Waals surface area (Å²) in [5, 5.41) is 37.7. The van der Waals surface area contributed by atoms with E-state index in [1.807, 2.05) is 11.8 Å². The summed E-state index contributed by atoms with van der Waals surface area (Å²) in [6.07, 6.45) is 9.68. The van der Waals surface area contributed by atoms with Crippen molar-refractivity contribution in [1.29, 1.82) is 0 Å². The fourth-order valence-corrected chi connectivity index (χ4v) is 1.77. The Balaban J connectivity index is 0. The van der Waals surface area contributed by atoms with Crippen molar-refractivity contribution in [2.45, 2.75) is 20.5 Å². The van der Waals surface area contributed by atoms with Crippen LogP contribution in [0.4, 0.5) is 0 Å². The number of amides is 2. The van der Waals surface area contributed by atoms with Crippen molar-refractivity contribution < 1.29 is 24.7 Å². The Kier molecular flexibility index (Phi) is 18.5. The van der Waals surface area contributed by atoms with Gasteiger partial charge in [-0.3, -0.25) is 9.59 Å². The van der Waals surface area contributed by atoms with Gasteiger partial charge in [-0.25, -0.2) is 0 Å². The van der Waals surface area contributed by atoms with Crippen LogP contribution in [0.3, 0.4) is 0 Å². The van der Waals surface area contributed by atoms with E-state index >= 15 is 0 Å². The number of carbonyl (C=O) groups excluding carboxylic acids is 2. The zero-order valence-electron chi connectivity index (χ0n) is 16.7. The van der Waals surface area contributed by atoms with Gasteiger partial charge in [-0.05, 0) is 38.9 Å². The maximum atomic E-state index is 10.8. The van der Waals surface area contributed by atoms with Gasteiger partial charge in [0.1, 0.15) is 0 Å². The first-order valence-electron chi connectivity index (χ1n) is 8.87. The van der Waals surface area contributed by atoms with Crippen molar-refractivity contribution in [3.05, 3.63) is 0 Å². The molecule has 0 aromatic rings. The fraction of sp³-hybridized carbons (Fsp3) is 0.600. The average Bonchev–Trinajstić information content (AvgIpc) is 2.63. The number of nitrogens with zero attached hydrogens (tertiary/aromatic N) is 1. The molecule has 0 aliphatic carbocycles. The lowest BCUT2D eigenvalue weighted by Crippen LogP contribution is -2.46. The highest BCUT2D eigenvalue weighted by atomic mass is 16.2. The number of hydrogen-bond acceptors (Lipinski definition) is 8. The molecular weight excluding hydrogens is 363 g/mol. The number of carbonyl (C=O) groups is 2. The second kappa shape index (κ2) is 18.4. The molecule has 0 aromatic carbocycles. The van der Waals surface area contributed by atoms with Crippen molar-refractivity contribution in [3.8, 4) is 24.7 Å². The third kappa shape index (κ3) is 20.3. The Morgan fingerprint density at radius 1 is 0.821 bits per heavy atom. The van der Waals surface area contributed by atoms with Crippen molar-refractivity contribution in [2.24, 2.45) is 0 Å². The lowest BCUT2D eigenvalue weighted by molar-refractivity contribution is -0.116. The molecule has 0 saturated heterocycles. The van der Waals surface area contributed by atoms with E-state index in [1.165, 1.54) is 0 Å². The second-order valence-electron chi connectivity index (χ2n) is 5.73. The van der Waals surface area contributed by atoms with Crippen LogP contribution in [0.2, 0.25) is 20.5 Å². The first-order valence-corrected chi connectivity index (χ1v) is 8.87. The molecule has 0 aliphatic rings. The first kappa shape index (κ1) is 28.2. The molecule has 0 saturated carbocycles. The molecule has 0 aliphatic heterocycles. The summed E-state index contributed by atoms with van der Waals surface area (Å²) in [5.41, 5.74) is 0. The lowest BCUT2D eigenvalue weighted by Gasteiger charge is -2.23. The zero-order chi connectivity index (χ0) is 21.9. The lowest BCUT2D eigenvalue weighted by atomic mass is 9.84. The molecule has 0 rings (SSSR count). The van der Waals surface area contributed by atoms with Crippen molar-refractivity contribution >= 4 is 33.0 Å². The predicted octanol–water partition coefficient (Wildman–Crippen LogP) is -3.72. The van der Waals surface area contributed by atoms with Gasteiger partial charge in [0.05, 0.1) is 0 Å². The van der Waals surface area contributed by atoms with Crippen molar-refractivity contribution in [3.63, 3.8) is 0 Å². The summed E-state index contributed by atoms with van der Waals surface area (Å²) in [7, 11) is -1.75. The maximum absolute atomic E-state index is 10.8. The fourth-order valence-electron chi connectivity index (χ4n) is 1.77. The smallest absolute Gasteiger partial charge is 0.376 e. The number of terminal acetylenes is 2. The van der Waals surface area contributed by atoms with Gasteiger partial charge in [0.2, 0.25) is 0 Å². The van der Waals surface area contributed by atoms with Crippen LogP contribution in [0.5, 0.6) is 0 Å². The van der Waals surface area contributed by atoms with E-state index in [-0.39, 0.29) is 0 Å². The molecule has 0 heterocycles. The zero-order valence-corrected chi connectivity index (χ0v) is 16.7. The second-order valence-corrected chi connectivity index (χ2v) is 5.73. The van der Waals surface area contributed by atoms with Gasteiger partial charge in [0.15, 0.2) is 0 Å². The van der Waals surface area contributed by atoms with E-state index in [1.54, 1.807) is 25.3 Å². The summed E-state index contributed by atoms with van der Waals surface area (Å²) in [5.74, 6) is 2.97. The number of nitrogens with one attached hydrogen (secondary N) is 4. The van der Waals surface area contributed by atoms with Gasteiger partial charge < -0.3 is 41.0 Å². The molecule has 0 atom stereocenters. The van der Waals surface area contributed by atoms with Gasteiger partial charge in [-0.2, -0.15) is 0 Å². The van der Waals surface area contributed by atoms with Gasteiger partial charge in [-0.1, -0.05) is 0 Å². The third-order valence-corrected chi connectivity index (χ3v) is 3.16. The summed E-state index contributed by atoms with van der Waals surface area (Å²) in [4.78, 5) is 23.0. The molecule has 10 nitrogen and oxygen atoms in total. The molecule has 7 N–H and O–H groups in total. The minimum absolute atomic E-state index is 0.378. The molecule has 154 valence electrons. The Labute approximate surface area is 168 Å². The topological polar surface area (TPSA) is 146 Å². The molecule has 0 spiro atoms. The molecule has 0 aromatic heterocycles. The van der Waals surface area contributed by atoms with E-state index < -0.39 is 33.0 Å². The molecule has 13 heteroatoms. The van der Waals surface area contributed by atoms with Gasteiger partial charge >= 0.3 is 21.2 Å². The van der Waals surface area contributed by atoms with Gasteiger partial charge in [-0.15, -0.1) is 12.8 Å². The summed E-state index contributed by atoms with van der Waals surface area (Å²) >= 11 is 0.